The Kier molecular flexibility index (Phi) is 5.33. The highest BCUT2D eigenvalue weighted by Crippen LogP contribution is 2.27. The van der Waals surface area contributed by atoms with Gasteiger partial charge in [0.25, 0.3) is 0 Å². The molecule has 1 aromatic heterocycles. The van der Waals surface area contributed by atoms with Crippen LogP contribution in [-0.4, -0.2) is 42.0 Å². The fourth-order valence-electron chi connectivity index (χ4n) is 2.61. The predicted molar refractivity (Wildman–Crippen MR) is 101 cm³/mol. The Balaban J connectivity index is 2.00. The van der Waals surface area contributed by atoms with Gasteiger partial charge in [-0.3, -0.25) is 5.32 Å². The van der Waals surface area contributed by atoms with Crippen LogP contribution in [0.25, 0.3) is 11.3 Å². The van der Waals surface area contributed by atoms with Crippen molar-refractivity contribution in [3.63, 3.8) is 0 Å². The average molecular weight is 354 g/mol. The largest absolute Gasteiger partial charge is 0.347 e. The van der Waals surface area contributed by atoms with E-state index in [1.165, 1.54) is 0 Å². The molecule has 1 aliphatic rings. The molecule has 1 unspecified atom stereocenters. The number of nitrogens with zero attached hydrogens (tertiary/aromatic N) is 3. The normalized spacial score (nSPS) is 16.0. The summed E-state index contributed by atoms with van der Waals surface area (Å²) in [6.45, 7) is 4.40. The summed E-state index contributed by atoms with van der Waals surface area (Å²) < 4.78 is 7.13. The van der Waals surface area contributed by atoms with E-state index in [9.17, 15) is 4.79 Å². The number of anilines is 1. The quantitative estimate of drug-likeness (QED) is 0.768. The number of carbonyl (C=O) groups is 1. The molecule has 1 atom stereocenters. The summed E-state index contributed by atoms with van der Waals surface area (Å²) in [6, 6.07) is 9.32. The maximum Gasteiger partial charge on any atom is 0.320 e. The molecule has 8 heteroatoms. The summed E-state index contributed by atoms with van der Waals surface area (Å²) in [5.74, 6) is 0.604. The fourth-order valence-corrected chi connectivity index (χ4v) is 2.61. The molecule has 0 radical (unpaired) electrons. The molecule has 0 bridgehead atoms. The molecule has 0 spiro atoms. The van der Waals surface area contributed by atoms with E-state index in [4.69, 9.17) is 9.84 Å². The Hall–Kier alpha value is -3.13. The second-order valence-corrected chi connectivity index (χ2v) is 5.63. The van der Waals surface area contributed by atoms with Crippen LogP contribution in [0.5, 0.6) is 0 Å². The van der Waals surface area contributed by atoms with Gasteiger partial charge in [0.2, 0.25) is 6.35 Å². The lowest BCUT2D eigenvalue weighted by Gasteiger charge is -2.17. The topological polar surface area (TPSA) is 92.6 Å². The third-order valence-corrected chi connectivity index (χ3v) is 3.91. The number of aromatic nitrogens is 2. The Morgan fingerprint density at radius 2 is 2.12 bits per heavy atom. The van der Waals surface area contributed by atoms with Gasteiger partial charge in [-0.15, -0.1) is 0 Å². The van der Waals surface area contributed by atoms with Crippen LogP contribution in [0.4, 0.5) is 10.6 Å². The van der Waals surface area contributed by atoms with Crippen LogP contribution in [0.2, 0.25) is 0 Å². The molecule has 0 fully saturated rings. The van der Waals surface area contributed by atoms with E-state index in [0.717, 1.165) is 22.5 Å². The first-order chi connectivity index (χ1) is 12.6. The second-order valence-electron chi connectivity index (χ2n) is 5.63. The summed E-state index contributed by atoms with van der Waals surface area (Å²) in [5, 5.41) is 13.2. The van der Waals surface area contributed by atoms with Gasteiger partial charge in [0, 0.05) is 37.2 Å². The first-order valence-corrected chi connectivity index (χ1v) is 8.39. The summed E-state index contributed by atoms with van der Waals surface area (Å²) in [5.41, 5.74) is 3.23. The van der Waals surface area contributed by atoms with Crippen LogP contribution in [-0.2, 0) is 4.74 Å². The number of carbonyl (C=O) groups excluding carboxylic acids is 1. The standard InChI is InChI=1S/C18H22N6O2/c1-4-26-18-20-10-13(11-21-18)15-12(2)16(22-17(25)19-3)24(23-15)14-8-6-5-7-9-14/h5-11,18,20H,4H2,1-3H3,(H2,19,22,25). The zero-order chi connectivity index (χ0) is 18.5. The molecule has 2 aromatic rings. The molecule has 1 aliphatic heterocycles. The van der Waals surface area contributed by atoms with Gasteiger partial charge in [-0.05, 0) is 26.0 Å². The highest BCUT2D eigenvalue weighted by Gasteiger charge is 2.21. The number of allylic oxidation sites excluding steroid dienone is 1. The second kappa shape index (κ2) is 7.83. The number of rotatable bonds is 5. The van der Waals surface area contributed by atoms with Gasteiger partial charge in [-0.1, -0.05) is 18.2 Å². The number of amides is 2. The highest BCUT2D eigenvalue weighted by molar-refractivity contribution is 6.10. The molecule has 2 heterocycles. The Morgan fingerprint density at radius 1 is 1.35 bits per heavy atom. The van der Waals surface area contributed by atoms with Gasteiger partial charge in [0.1, 0.15) is 11.5 Å². The van der Waals surface area contributed by atoms with E-state index >= 15 is 0 Å². The number of para-hydroxylation sites is 1. The van der Waals surface area contributed by atoms with Gasteiger partial charge in [-0.25, -0.2) is 14.5 Å². The minimum Gasteiger partial charge on any atom is -0.347 e. The van der Waals surface area contributed by atoms with E-state index in [1.54, 1.807) is 17.9 Å². The van der Waals surface area contributed by atoms with E-state index in [2.05, 4.69) is 20.9 Å². The van der Waals surface area contributed by atoms with Crippen LogP contribution >= 0.6 is 0 Å². The zero-order valence-corrected chi connectivity index (χ0v) is 15.0. The molecule has 8 nitrogen and oxygen atoms in total. The van der Waals surface area contributed by atoms with Crippen LogP contribution in [0.1, 0.15) is 18.2 Å². The number of hydrogen-bond acceptors (Lipinski definition) is 5. The molecule has 0 saturated carbocycles. The van der Waals surface area contributed by atoms with Crippen LogP contribution in [0, 0.1) is 6.92 Å². The fraction of sp³-hybridized carbons (Fsp3) is 0.278. The molecule has 1 aromatic carbocycles. The number of urea groups is 1. The predicted octanol–water partition coefficient (Wildman–Crippen LogP) is 2.27. The van der Waals surface area contributed by atoms with Crippen molar-refractivity contribution < 1.29 is 9.53 Å². The summed E-state index contributed by atoms with van der Waals surface area (Å²) in [7, 11) is 1.57. The molecule has 2 amide bonds. The summed E-state index contributed by atoms with van der Waals surface area (Å²) in [4.78, 5) is 16.2. The van der Waals surface area contributed by atoms with E-state index in [1.807, 2.05) is 50.4 Å². The van der Waals surface area contributed by atoms with Crippen molar-refractivity contribution >= 4 is 23.6 Å². The molecule has 3 N–H and O–H groups in total. The van der Waals surface area contributed by atoms with Gasteiger partial charge in [-0.2, -0.15) is 5.10 Å². The lowest BCUT2D eigenvalue weighted by Crippen LogP contribution is -2.28. The maximum atomic E-state index is 11.9. The number of benzene rings is 1. The molecule has 0 saturated heterocycles. The number of ether oxygens (including phenoxy) is 1. The van der Waals surface area contributed by atoms with Gasteiger partial charge in [0.15, 0.2) is 0 Å². The molecule has 136 valence electrons. The maximum absolute atomic E-state index is 11.9. The minimum absolute atomic E-state index is 0.308. The van der Waals surface area contributed by atoms with E-state index < -0.39 is 0 Å². The molecular formula is C18H22N6O2. The third kappa shape index (κ3) is 3.60. The lowest BCUT2D eigenvalue weighted by molar-refractivity contribution is 0.0549. The van der Waals surface area contributed by atoms with Gasteiger partial charge in [0.05, 0.1) is 5.69 Å². The van der Waals surface area contributed by atoms with Crippen molar-refractivity contribution in [2.24, 2.45) is 4.99 Å². The van der Waals surface area contributed by atoms with Crippen molar-refractivity contribution in [1.82, 2.24) is 20.4 Å². The molecule has 26 heavy (non-hydrogen) atoms. The Morgan fingerprint density at radius 3 is 2.73 bits per heavy atom. The number of aliphatic imine (C=N–C) groups is 1. The Labute approximate surface area is 152 Å². The van der Waals surface area contributed by atoms with Crippen LogP contribution < -0.4 is 16.0 Å². The van der Waals surface area contributed by atoms with E-state index in [0.29, 0.717) is 12.4 Å². The minimum atomic E-state index is -0.385. The van der Waals surface area contributed by atoms with Gasteiger partial charge < -0.3 is 15.4 Å². The van der Waals surface area contributed by atoms with Crippen molar-refractivity contribution in [3.05, 3.63) is 47.8 Å². The molecular weight excluding hydrogens is 332 g/mol. The SMILES string of the molecule is CCOC1N=CC(c2nn(-c3ccccc3)c(NC(=O)NC)c2C)=CN1. The molecule has 0 aliphatic carbocycles. The summed E-state index contributed by atoms with van der Waals surface area (Å²) in [6.07, 6.45) is 3.16. The van der Waals surface area contributed by atoms with Crippen LogP contribution in [0.15, 0.2) is 41.5 Å². The van der Waals surface area contributed by atoms with Crippen molar-refractivity contribution in [3.8, 4) is 5.69 Å². The third-order valence-electron chi connectivity index (χ3n) is 3.91. The smallest absolute Gasteiger partial charge is 0.320 e. The summed E-state index contributed by atoms with van der Waals surface area (Å²) >= 11 is 0. The van der Waals surface area contributed by atoms with Crippen LogP contribution in [0.3, 0.4) is 0 Å². The number of nitrogens with one attached hydrogen (secondary N) is 3. The molecule has 3 rings (SSSR count). The van der Waals surface area contributed by atoms with E-state index in [-0.39, 0.29) is 12.4 Å². The van der Waals surface area contributed by atoms with Crippen molar-refractivity contribution in [2.75, 3.05) is 19.0 Å². The monoisotopic (exact) mass is 354 g/mol. The highest BCUT2D eigenvalue weighted by atomic mass is 16.5. The van der Waals surface area contributed by atoms with Crippen molar-refractivity contribution in [1.29, 1.82) is 0 Å². The zero-order valence-electron chi connectivity index (χ0n) is 15.0. The number of hydrogen-bond donors (Lipinski definition) is 3. The average Bonchev–Trinajstić information content (AvgIpc) is 3.00. The first kappa shape index (κ1) is 17.7. The lowest BCUT2D eigenvalue weighted by atomic mass is 10.1. The van der Waals surface area contributed by atoms with Crippen molar-refractivity contribution in [2.45, 2.75) is 20.2 Å². The first-order valence-electron chi connectivity index (χ1n) is 8.39. The Bertz CT molecular complexity index is 841. The van der Waals surface area contributed by atoms with Gasteiger partial charge >= 0.3 is 6.03 Å².